The van der Waals surface area contributed by atoms with Crippen molar-refractivity contribution in [3.63, 3.8) is 0 Å². The second kappa shape index (κ2) is 2.49. The Morgan fingerprint density at radius 2 is 1.64 bits per heavy atom. The van der Waals surface area contributed by atoms with E-state index in [1.165, 1.54) is 0 Å². The van der Waals surface area contributed by atoms with Crippen molar-refractivity contribution < 1.29 is 14.4 Å². The van der Waals surface area contributed by atoms with Gasteiger partial charge in [-0.05, 0) is 0 Å². The molecule has 1 saturated heterocycles. The molecule has 11 heavy (non-hydrogen) atoms. The van der Waals surface area contributed by atoms with Gasteiger partial charge in [0, 0.05) is 6.21 Å². The fourth-order valence-corrected chi connectivity index (χ4v) is 0.681. The van der Waals surface area contributed by atoms with Crippen LogP contribution < -0.4 is 10.6 Å². The van der Waals surface area contributed by atoms with Gasteiger partial charge in [0.1, 0.15) is 0 Å². The summed E-state index contributed by atoms with van der Waals surface area (Å²) in [5, 5.41) is 10.4. The van der Waals surface area contributed by atoms with Crippen molar-refractivity contribution in [1.82, 2.24) is 10.6 Å². The van der Waals surface area contributed by atoms with Gasteiger partial charge in [-0.2, -0.15) is 0 Å². The van der Waals surface area contributed by atoms with Gasteiger partial charge < -0.3 is 5.41 Å². The lowest BCUT2D eigenvalue weighted by Gasteiger charge is -2.16. The van der Waals surface area contributed by atoms with E-state index in [1.807, 2.05) is 10.6 Å². The van der Waals surface area contributed by atoms with E-state index in [0.717, 1.165) is 0 Å². The Morgan fingerprint density at radius 3 is 2.00 bits per heavy atom. The predicted molar refractivity (Wildman–Crippen MR) is 34.0 cm³/mol. The van der Waals surface area contributed by atoms with E-state index in [4.69, 9.17) is 5.41 Å². The monoisotopic (exact) mass is 155 g/mol. The highest BCUT2D eigenvalue weighted by molar-refractivity contribution is 6.23. The third-order valence-corrected chi connectivity index (χ3v) is 1.21. The summed E-state index contributed by atoms with van der Waals surface area (Å²) in [5.41, 5.74) is 0. The Morgan fingerprint density at radius 1 is 1.18 bits per heavy atom. The lowest BCUT2D eigenvalue weighted by atomic mass is 10.1. The second-order valence-electron chi connectivity index (χ2n) is 1.95. The van der Waals surface area contributed by atoms with Crippen molar-refractivity contribution in [2.24, 2.45) is 5.92 Å². The summed E-state index contributed by atoms with van der Waals surface area (Å²) < 4.78 is 0. The molecule has 6 nitrogen and oxygen atoms in total. The highest BCUT2D eigenvalue weighted by Gasteiger charge is 2.31. The molecule has 0 unspecified atom stereocenters. The van der Waals surface area contributed by atoms with E-state index < -0.39 is 23.8 Å². The van der Waals surface area contributed by atoms with E-state index in [9.17, 15) is 14.4 Å². The normalized spacial score (nSPS) is 19.1. The molecule has 1 rings (SSSR count). The maximum atomic E-state index is 10.7. The Balaban J connectivity index is 2.82. The molecular formula is C5H5N3O3. The van der Waals surface area contributed by atoms with Crippen LogP contribution in [0.25, 0.3) is 0 Å². The van der Waals surface area contributed by atoms with Gasteiger partial charge in [0.2, 0.25) is 11.8 Å². The largest absolute Gasteiger partial charge is 0.328 e. The van der Waals surface area contributed by atoms with Crippen LogP contribution in [0.4, 0.5) is 4.79 Å². The summed E-state index contributed by atoms with van der Waals surface area (Å²) >= 11 is 0. The van der Waals surface area contributed by atoms with Crippen LogP contribution in [-0.2, 0) is 9.59 Å². The Kier molecular flexibility index (Phi) is 1.67. The summed E-state index contributed by atoms with van der Waals surface area (Å²) in [6.07, 6.45) is 0.678. The Hall–Kier alpha value is -1.72. The maximum absolute atomic E-state index is 10.7. The fraction of sp³-hybridized carbons (Fsp3) is 0.200. The third-order valence-electron chi connectivity index (χ3n) is 1.21. The SMILES string of the molecule is N=CC1C(=O)NC(=O)NC1=O. The van der Waals surface area contributed by atoms with Gasteiger partial charge in [0.25, 0.3) is 0 Å². The smallest absolute Gasteiger partial charge is 0.312 e. The molecule has 1 heterocycles. The highest BCUT2D eigenvalue weighted by Crippen LogP contribution is 1.96. The zero-order valence-corrected chi connectivity index (χ0v) is 5.38. The zero-order valence-electron chi connectivity index (χ0n) is 5.38. The van der Waals surface area contributed by atoms with Gasteiger partial charge in [-0.25, -0.2) is 4.79 Å². The number of hydrogen-bond donors (Lipinski definition) is 3. The summed E-state index contributed by atoms with van der Waals surface area (Å²) in [6.45, 7) is 0. The molecular weight excluding hydrogens is 150 g/mol. The van der Waals surface area contributed by atoms with Gasteiger partial charge in [-0.3, -0.25) is 20.2 Å². The third kappa shape index (κ3) is 1.23. The number of amides is 4. The van der Waals surface area contributed by atoms with E-state index >= 15 is 0 Å². The number of carbonyl (C=O) groups excluding carboxylic acids is 3. The van der Waals surface area contributed by atoms with Gasteiger partial charge >= 0.3 is 6.03 Å². The molecule has 0 aromatic rings. The van der Waals surface area contributed by atoms with Gasteiger partial charge in [-0.1, -0.05) is 0 Å². The van der Waals surface area contributed by atoms with Crippen molar-refractivity contribution in [1.29, 1.82) is 5.41 Å². The van der Waals surface area contributed by atoms with Crippen LogP contribution in [-0.4, -0.2) is 24.1 Å². The van der Waals surface area contributed by atoms with Crippen LogP contribution >= 0.6 is 0 Å². The summed E-state index contributed by atoms with van der Waals surface area (Å²) in [6, 6.07) is -0.835. The minimum Gasteiger partial charge on any atom is -0.312 e. The molecule has 6 heteroatoms. The summed E-state index contributed by atoms with van der Waals surface area (Å²) in [4.78, 5) is 31.8. The van der Waals surface area contributed by atoms with Gasteiger partial charge in [0.15, 0.2) is 5.92 Å². The van der Waals surface area contributed by atoms with E-state index in [2.05, 4.69) is 0 Å². The minimum atomic E-state index is -1.17. The van der Waals surface area contributed by atoms with Crippen molar-refractivity contribution in [2.75, 3.05) is 0 Å². The molecule has 1 aliphatic heterocycles. The maximum Gasteiger partial charge on any atom is 0.328 e. The lowest BCUT2D eigenvalue weighted by molar-refractivity contribution is -0.132. The number of hydrogen-bond acceptors (Lipinski definition) is 4. The molecule has 0 aromatic carbocycles. The molecule has 0 radical (unpaired) electrons. The van der Waals surface area contributed by atoms with Crippen LogP contribution in [0.3, 0.4) is 0 Å². The number of imide groups is 2. The first-order chi connectivity index (χ1) is 5.15. The van der Waals surface area contributed by atoms with E-state index in [-0.39, 0.29) is 0 Å². The minimum absolute atomic E-state index is 0.678. The zero-order chi connectivity index (χ0) is 8.43. The fourth-order valence-electron chi connectivity index (χ4n) is 0.681. The van der Waals surface area contributed by atoms with Crippen LogP contribution in [0.15, 0.2) is 0 Å². The number of carbonyl (C=O) groups is 3. The lowest BCUT2D eigenvalue weighted by Crippen LogP contribution is -2.56. The number of barbiturate groups is 1. The topological polar surface area (TPSA) is 99.1 Å². The predicted octanol–water partition coefficient (Wildman–Crippen LogP) is -1.38. The molecule has 58 valence electrons. The molecule has 0 aromatic heterocycles. The average Bonchev–Trinajstić information content (AvgIpc) is 1.85. The van der Waals surface area contributed by atoms with E-state index in [1.54, 1.807) is 0 Å². The number of rotatable bonds is 1. The number of urea groups is 1. The second-order valence-corrected chi connectivity index (χ2v) is 1.95. The molecule has 0 saturated carbocycles. The first-order valence-electron chi connectivity index (χ1n) is 2.81. The Labute approximate surface area is 61.5 Å². The quantitative estimate of drug-likeness (QED) is 0.321. The number of nitrogens with one attached hydrogen (secondary N) is 3. The van der Waals surface area contributed by atoms with Gasteiger partial charge in [-0.15, -0.1) is 0 Å². The van der Waals surface area contributed by atoms with E-state index in [0.29, 0.717) is 6.21 Å². The first kappa shape index (κ1) is 7.39. The van der Waals surface area contributed by atoms with Crippen molar-refractivity contribution >= 4 is 24.1 Å². The molecule has 0 atom stereocenters. The standard InChI is InChI=1S/C5H5N3O3/c6-1-2-3(9)7-5(11)8-4(2)10/h1-2,6H,(H2,7,8,9,10,11). The molecule has 4 amide bonds. The summed E-state index contributed by atoms with van der Waals surface area (Å²) in [5.74, 6) is -2.69. The molecule has 1 fully saturated rings. The van der Waals surface area contributed by atoms with Crippen molar-refractivity contribution in [3.05, 3.63) is 0 Å². The van der Waals surface area contributed by atoms with Gasteiger partial charge in [0.05, 0.1) is 0 Å². The highest BCUT2D eigenvalue weighted by atomic mass is 16.2. The van der Waals surface area contributed by atoms with Crippen LogP contribution in [0, 0.1) is 11.3 Å². The Bertz CT molecular complexity index is 227. The molecule has 1 aliphatic rings. The molecule has 0 spiro atoms. The molecule has 0 bridgehead atoms. The average molecular weight is 155 g/mol. The molecule has 0 aliphatic carbocycles. The van der Waals surface area contributed by atoms with Crippen LogP contribution in [0.2, 0.25) is 0 Å². The van der Waals surface area contributed by atoms with Crippen molar-refractivity contribution in [3.8, 4) is 0 Å². The van der Waals surface area contributed by atoms with Crippen LogP contribution in [0.1, 0.15) is 0 Å². The molecule has 3 N–H and O–H groups in total. The first-order valence-corrected chi connectivity index (χ1v) is 2.81. The van der Waals surface area contributed by atoms with Crippen LogP contribution in [0.5, 0.6) is 0 Å². The summed E-state index contributed by atoms with van der Waals surface area (Å²) in [7, 11) is 0. The van der Waals surface area contributed by atoms with Crippen molar-refractivity contribution in [2.45, 2.75) is 0 Å².